The third-order valence-corrected chi connectivity index (χ3v) is 3.74. The maximum Gasteiger partial charge on any atom is 0.148 e. The van der Waals surface area contributed by atoms with Gasteiger partial charge in [-0.15, -0.1) is 0 Å². The van der Waals surface area contributed by atoms with Crippen molar-refractivity contribution in [2.45, 2.75) is 45.2 Å². The fourth-order valence-electron chi connectivity index (χ4n) is 2.01. The van der Waals surface area contributed by atoms with Crippen molar-refractivity contribution in [2.24, 2.45) is 5.92 Å². The largest absolute Gasteiger partial charge is 0.310 e. The van der Waals surface area contributed by atoms with Crippen LogP contribution in [0.1, 0.15) is 33.1 Å². The molecular weight excluding hydrogens is 198 g/mol. The van der Waals surface area contributed by atoms with Crippen LogP contribution in [0, 0.1) is 5.92 Å². The van der Waals surface area contributed by atoms with Crippen molar-refractivity contribution in [3.8, 4) is 0 Å². The lowest BCUT2D eigenvalue weighted by atomic mass is 10.2. The lowest BCUT2D eigenvalue weighted by Crippen LogP contribution is -2.35. The number of rotatable bonds is 6. The molecular formula is C10H21NO2S. The Morgan fingerprint density at radius 3 is 2.64 bits per heavy atom. The minimum Gasteiger partial charge on any atom is -0.310 e. The van der Waals surface area contributed by atoms with Gasteiger partial charge in [0.1, 0.15) is 9.84 Å². The highest BCUT2D eigenvalue weighted by Crippen LogP contribution is 2.34. The summed E-state index contributed by atoms with van der Waals surface area (Å²) in [5, 5.41) is 3.37. The van der Waals surface area contributed by atoms with Crippen molar-refractivity contribution >= 4 is 9.84 Å². The summed E-state index contributed by atoms with van der Waals surface area (Å²) < 4.78 is 22.0. The smallest absolute Gasteiger partial charge is 0.148 e. The Balaban J connectivity index is 2.20. The normalized spacial score (nSPS) is 28.8. The van der Waals surface area contributed by atoms with Crippen LogP contribution < -0.4 is 5.32 Å². The minimum absolute atomic E-state index is 0.0943. The SMILES string of the molecule is CCCC1CC1NC(C)CS(C)(=O)=O. The molecule has 0 bridgehead atoms. The summed E-state index contributed by atoms with van der Waals surface area (Å²) in [4.78, 5) is 0. The minimum atomic E-state index is -2.83. The highest BCUT2D eigenvalue weighted by Gasteiger charge is 2.36. The van der Waals surface area contributed by atoms with Crippen LogP contribution in [0.5, 0.6) is 0 Å². The van der Waals surface area contributed by atoms with E-state index in [4.69, 9.17) is 0 Å². The van der Waals surface area contributed by atoms with Crippen LogP contribution >= 0.6 is 0 Å². The monoisotopic (exact) mass is 219 g/mol. The van der Waals surface area contributed by atoms with E-state index in [9.17, 15) is 8.42 Å². The first kappa shape index (κ1) is 12.0. The molecule has 0 aromatic heterocycles. The standard InChI is InChI=1S/C10H21NO2S/c1-4-5-9-6-10(9)11-8(2)7-14(3,12)13/h8-11H,4-7H2,1-3H3. The third-order valence-electron chi connectivity index (χ3n) is 2.63. The van der Waals surface area contributed by atoms with Gasteiger partial charge in [-0.25, -0.2) is 8.42 Å². The molecule has 1 saturated carbocycles. The average molecular weight is 219 g/mol. The van der Waals surface area contributed by atoms with Gasteiger partial charge in [0.25, 0.3) is 0 Å². The molecule has 0 saturated heterocycles. The lowest BCUT2D eigenvalue weighted by Gasteiger charge is -2.12. The molecule has 0 aliphatic heterocycles. The Labute approximate surface area is 87.2 Å². The van der Waals surface area contributed by atoms with Crippen molar-refractivity contribution in [3.05, 3.63) is 0 Å². The number of nitrogens with one attached hydrogen (secondary N) is 1. The second kappa shape index (κ2) is 4.62. The van der Waals surface area contributed by atoms with Crippen molar-refractivity contribution in [3.63, 3.8) is 0 Å². The molecule has 1 aliphatic carbocycles. The predicted molar refractivity (Wildman–Crippen MR) is 59.1 cm³/mol. The van der Waals surface area contributed by atoms with Gasteiger partial charge in [0.15, 0.2) is 0 Å². The first-order chi connectivity index (χ1) is 6.42. The molecule has 4 heteroatoms. The van der Waals surface area contributed by atoms with Crippen LogP contribution in [0.25, 0.3) is 0 Å². The Bertz CT molecular complexity index is 274. The molecule has 3 nitrogen and oxygen atoms in total. The molecule has 0 radical (unpaired) electrons. The molecule has 1 N–H and O–H groups in total. The fraction of sp³-hybridized carbons (Fsp3) is 1.00. The van der Waals surface area contributed by atoms with E-state index < -0.39 is 9.84 Å². The quantitative estimate of drug-likeness (QED) is 0.730. The van der Waals surface area contributed by atoms with Gasteiger partial charge in [-0.3, -0.25) is 0 Å². The summed E-state index contributed by atoms with van der Waals surface area (Å²) in [6.07, 6.45) is 5.01. The summed E-state index contributed by atoms with van der Waals surface area (Å²) in [6.45, 7) is 4.14. The zero-order valence-electron chi connectivity index (χ0n) is 9.29. The fourth-order valence-corrected chi connectivity index (χ4v) is 3.01. The van der Waals surface area contributed by atoms with E-state index in [0.717, 1.165) is 5.92 Å². The van der Waals surface area contributed by atoms with Crippen molar-refractivity contribution in [1.82, 2.24) is 5.32 Å². The first-order valence-corrected chi connectivity index (χ1v) is 7.42. The molecule has 0 heterocycles. The van der Waals surface area contributed by atoms with Crippen LogP contribution in [-0.2, 0) is 9.84 Å². The summed E-state index contributed by atoms with van der Waals surface area (Å²) in [7, 11) is -2.83. The van der Waals surface area contributed by atoms with E-state index in [1.807, 2.05) is 6.92 Å². The molecule has 0 spiro atoms. The summed E-state index contributed by atoms with van der Waals surface area (Å²) in [5.74, 6) is 1.05. The van der Waals surface area contributed by atoms with Gasteiger partial charge in [0.05, 0.1) is 5.75 Å². The lowest BCUT2D eigenvalue weighted by molar-refractivity contribution is 0.531. The maximum atomic E-state index is 11.0. The first-order valence-electron chi connectivity index (χ1n) is 5.36. The third kappa shape index (κ3) is 4.42. The van der Waals surface area contributed by atoms with Crippen molar-refractivity contribution in [1.29, 1.82) is 0 Å². The molecule has 3 atom stereocenters. The average Bonchev–Trinajstić information content (AvgIpc) is 2.63. The highest BCUT2D eigenvalue weighted by molar-refractivity contribution is 7.90. The zero-order valence-corrected chi connectivity index (χ0v) is 10.1. The number of sulfone groups is 1. The number of hydrogen-bond donors (Lipinski definition) is 1. The Kier molecular flexibility index (Phi) is 3.95. The molecule has 1 fully saturated rings. The summed E-state index contributed by atoms with van der Waals surface area (Å²) in [5.41, 5.74) is 0. The molecule has 3 unspecified atom stereocenters. The molecule has 1 rings (SSSR count). The molecule has 84 valence electrons. The van der Waals surface area contributed by atoms with Crippen LogP contribution in [0.15, 0.2) is 0 Å². The maximum absolute atomic E-state index is 11.0. The van der Waals surface area contributed by atoms with Crippen LogP contribution in [0.3, 0.4) is 0 Å². The van der Waals surface area contributed by atoms with Crippen LogP contribution in [-0.4, -0.2) is 32.5 Å². The number of hydrogen-bond acceptors (Lipinski definition) is 3. The topological polar surface area (TPSA) is 46.2 Å². The molecule has 0 amide bonds. The summed E-state index contributed by atoms with van der Waals surface area (Å²) >= 11 is 0. The van der Waals surface area contributed by atoms with Crippen LogP contribution in [0.4, 0.5) is 0 Å². The van der Waals surface area contributed by atoms with Crippen LogP contribution in [0.2, 0.25) is 0 Å². The van der Waals surface area contributed by atoms with E-state index in [1.54, 1.807) is 0 Å². The molecule has 0 aromatic rings. The van der Waals surface area contributed by atoms with E-state index >= 15 is 0 Å². The van der Waals surface area contributed by atoms with Gasteiger partial charge < -0.3 is 5.32 Å². The molecule has 14 heavy (non-hydrogen) atoms. The van der Waals surface area contributed by atoms with Gasteiger partial charge in [0.2, 0.25) is 0 Å². The Morgan fingerprint density at radius 1 is 1.50 bits per heavy atom. The predicted octanol–water partition coefficient (Wildman–Crippen LogP) is 1.20. The van der Waals surface area contributed by atoms with Gasteiger partial charge in [0, 0.05) is 18.3 Å². The van der Waals surface area contributed by atoms with E-state index in [-0.39, 0.29) is 11.8 Å². The Hall–Kier alpha value is -0.0900. The van der Waals surface area contributed by atoms with E-state index in [1.165, 1.54) is 25.5 Å². The van der Waals surface area contributed by atoms with Gasteiger partial charge in [-0.1, -0.05) is 13.3 Å². The van der Waals surface area contributed by atoms with Gasteiger partial charge in [-0.2, -0.15) is 0 Å². The highest BCUT2D eigenvalue weighted by atomic mass is 32.2. The van der Waals surface area contributed by atoms with E-state index in [0.29, 0.717) is 6.04 Å². The van der Waals surface area contributed by atoms with Gasteiger partial charge >= 0.3 is 0 Å². The molecule has 0 aromatic carbocycles. The van der Waals surface area contributed by atoms with Gasteiger partial charge in [-0.05, 0) is 25.7 Å². The van der Waals surface area contributed by atoms with Crippen molar-refractivity contribution < 1.29 is 8.42 Å². The second-order valence-electron chi connectivity index (χ2n) is 4.55. The Morgan fingerprint density at radius 2 is 2.14 bits per heavy atom. The summed E-state index contributed by atoms with van der Waals surface area (Å²) in [6, 6.07) is 0.670. The molecule has 1 aliphatic rings. The van der Waals surface area contributed by atoms with Crippen molar-refractivity contribution in [2.75, 3.05) is 12.0 Å². The second-order valence-corrected chi connectivity index (χ2v) is 6.74. The zero-order chi connectivity index (χ0) is 10.8. The van der Waals surface area contributed by atoms with E-state index in [2.05, 4.69) is 12.2 Å².